The third kappa shape index (κ3) is 3.66. The van der Waals surface area contributed by atoms with Crippen molar-refractivity contribution in [2.75, 3.05) is 31.2 Å². The minimum Gasteiger partial charge on any atom is -0.378 e. The monoisotopic (exact) mass is 402 g/mol. The molecule has 1 aromatic carbocycles. The number of pyridine rings is 1. The Bertz CT molecular complexity index is 1200. The van der Waals surface area contributed by atoms with E-state index in [1.165, 1.54) is 0 Å². The quantitative estimate of drug-likeness (QED) is 0.673. The van der Waals surface area contributed by atoms with Gasteiger partial charge in [-0.1, -0.05) is 12.1 Å². The van der Waals surface area contributed by atoms with Crippen molar-refractivity contribution in [1.29, 1.82) is 5.26 Å². The number of morpholine rings is 1. The van der Waals surface area contributed by atoms with E-state index in [1.807, 2.05) is 56.8 Å². The lowest BCUT2D eigenvalue weighted by atomic mass is 9.98. The zero-order valence-electron chi connectivity index (χ0n) is 17.9. The first-order valence-corrected chi connectivity index (χ1v) is 10.2. The lowest BCUT2D eigenvalue weighted by Gasteiger charge is -2.28. The Labute approximate surface area is 176 Å². The van der Waals surface area contributed by atoms with Gasteiger partial charge in [-0.15, -0.1) is 0 Å². The van der Waals surface area contributed by atoms with E-state index < -0.39 is 0 Å². The van der Waals surface area contributed by atoms with Gasteiger partial charge in [0.25, 0.3) is 0 Å². The Morgan fingerprint density at radius 2 is 2.00 bits per heavy atom. The SMILES string of the molecule is Cc1c(C#N)cccc1C(C)N=c1nc(C)n(C)c2cnc(N3CCOCC3)cc12. The molecule has 0 saturated carbocycles. The average Bonchev–Trinajstić information content (AvgIpc) is 2.77. The lowest BCUT2D eigenvalue weighted by Crippen LogP contribution is -2.36. The molecule has 3 heterocycles. The smallest absolute Gasteiger partial charge is 0.159 e. The molecule has 7 nitrogen and oxygen atoms in total. The predicted octanol–water partition coefficient (Wildman–Crippen LogP) is 2.96. The van der Waals surface area contributed by atoms with E-state index >= 15 is 0 Å². The number of ether oxygens (including phenoxy) is 1. The van der Waals surface area contributed by atoms with E-state index in [0.29, 0.717) is 24.3 Å². The molecule has 1 aliphatic heterocycles. The molecule has 4 rings (SSSR count). The maximum atomic E-state index is 9.36. The molecule has 1 fully saturated rings. The maximum absolute atomic E-state index is 9.36. The second kappa shape index (κ2) is 8.25. The van der Waals surface area contributed by atoms with Crippen LogP contribution in [-0.4, -0.2) is 40.8 Å². The van der Waals surface area contributed by atoms with Crippen LogP contribution < -0.4 is 10.4 Å². The molecular formula is C23H26N6O. The molecule has 154 valence electrons. The summed E-state index contributed by atoms with van der Waals surface area (Å²) < 4.78 is 7.51. The summed E-state index contributed by atoms with van der Waals surface area (Å²) in [5.74, 6) is 1.79. The molecule has 3 aromatic rings. The van der Waals surface area contributed by atoms with Crippen LogP contribution >= 0.6 is 0 Å². The van der Waals surface area contributed by atoms with Gasteiger partial charge < -0.3 is 14.2 Å². The number of anilines is 1. The van der Waals surface area contributed by atoms with Crippen LogP contribution in [0.2, 0.25) is 0 Å². The summed E-state index contributed by atoms with van der Waals surface area (Å²) in [4.78, 5) is 16.7. The first-order valence-electron chi connectivity index (χ1n) is 10.2. The number of rotatable bonds is 3. The van der Waals surface area contributed by atoms with E-state index in [9.17, 15) is 5.26 Å². The highest BCUT2D eigenvalue weighted by Gasteiger charge is 2.15. The lowest BCUT2D eigenvalue weighted by molar-refractivity contribution is 0.122. The number of nitrogens with zero attached hydrogens (tertiary/aromatic N) is 6. The number of fused-ring (bicyclic) bond motifs is 1. The number of aromatic nitrogens is 3. The molecule has 0 N–H and O–H groups in total. The average molecular weight is 403 g/mol. The Morgan fingerprint density at radius 1 is 1.23 bits per heavy atom. The molecule has 0 bridgehead atoms. The second-order valence-electron chi connectivity index (χ2n) is 7.64. The predicted molar refractivity (Wildman–Crippen MR) is 116 cm³/mol. The van der Waals surface area contributed by atoms with Gasteiger partial charge in [0.1, 0.15) is 11.6 Å². The van der Waals surface area contributed by atoms with Gasteiger partial charge in [-0.2, -0.15) is 5.26 Å². The van der Waals surface area contributed by atoms with E-state index in [-0.39, 0.29) is 6.04 Å². The fourth-order valence-electron chi connectivity index (χ4n) is 3.89. The van der Waals surface area contributed by atoms with Crippen molar-refractivity contribution >= 4 is 16.7 Å². The van der Waals surface area contributed by atoms with Gasteiger partial charge in [-0.05, 0) is 44.0 Å². The summed E-state index contributed by atoms with van der Waals surface area (Å²) in [6.07, 6.45) is 1.90. The summed E-state index contributed by atoms with van der Waals surface area (Å²) in [5.41, 5.74) is 4.38. The number of aryl methyl sites for hydroxylation is 2. The fraction of sp³-hybridized carbons (Fsp3) is 0.391. The van der Waals surface area contributed by atoms with Crippen molar-refractivity contribution in [1.82, 2.24) is 14.5 Å². The molecule has 0 spiro atoms. The molecule has 1 saturated heterocycles. The summed E-state index contributed by atoms with van der Waals surface area (Å²) in [5, 5.41) is 10.3. The van der Waals surface area contributed by atoms with Gasteiger partial charge >= 0.3 is 0 Å². The van der Waals surface area contributed by atoms with Crippen LogP contribution in [0, 0.1) is 25.2 Å². The van der Waals surface area contributed by atoms with Crippen molar-refractivity contribution in [3.63, 3.8) is 0 Å². The fourth-order valence-corrected chi connectivity index (χ4v) is 3.89. The Hall–Kier alpha value is -3.24. The zero-order chi connectivity index (χ0) is 21.3. The van der Waals surface area contributed by atoms with Crippen molar-refractivity contribution < 1.29 is 4.74 Å². The topological polar surface area (TPSA) is 79.3 Å². The summed E-state index contributed by atoms with van der Waals surface area (Å²) in [6.45, 7) is 9.07. The van der Waals surface area contributed by atoms with Crippen molar-refractivity contribution in [3.8, 4) is 6.07 Å². The van der Waals surface area contributed by atoms with Crippen LogP contribution in [0.3, 0.4) is 0 Å². The van der Waals surface area contributed by atoms with Crippen LogP contribution in [0.5, 0.6) is 0 Å². The van der Waals surface area contributed by atoms with E-state index in [2.05, 4.69) is 17.0 Å². The zero-order valence-corrected chi connectivity index (χ0v) is 17.9. The highest BCUT2D eigenvalue weighted by atomic mass is 16.5. The van der Waals surface area contributed by atoms with Gasteiger partial charge in [-0.25, -0.2) is 9.97 Å². The van der Waals surface area contributed by atoms with Crippen LogP contribution in [0.15, 0.2) is 35.5 Å². The van der Waals surface area contributed by atoms with Crippen molar-refractivity contribution in [2.24, 2.45) is 12.0 Å². The largest absolute Gasteiger partial charge is 0.378 e. The van der Waals surface area contributed by atoms with Gasteiger partial charge in [0.15, 0.2) is 5.49 Å². The normalized spacial score (nSPS) is 16.0. The van der Waals surface area contributed by atoms with Crippen molar-refractivity contribution in [2.45, 2.75) is 26.8 Å². The molecule has 2 aromatic heterocycles. The molecule has 1 unspecified atom stereocenters. The highest BCUT2D eigenvalue weighted by Crippen LogP contribution is 2.23. The first-order chi connectivity index (χ1) is 14.5. The minimum atomic E-state index is -0.124. The molecular weight excluding hydrogens is 376 g/mol. The second-order valence-corrected chi connectivity index (χ2v) is 7.64. The molecule has 0 aliphatic carbocycles. The Kier molecular flexibility index (Phi) is 5.51. The van der Waals surface area contributed by atoms with Crippen LogP contribution in [0.4, 0.5) is 5.82 Å². The van der Waals surface area contributed by atoms with Crippen LogP contribution in [-0.2, 0) is 11.8 Å². The molecule has 30 heavy (non-hydrogen) atoms. The summed E-state index contributed by atoms with van der Waals surface area (Å²) >= 11 is 0. The van der Waals surface area contributed by atoms with Gasteiger partial charge in [0.05, 0.1) is 42.6 Å². The summed E-state index contributed by atoms with van der Waals surface area (Å²) in [7, 11) is 1.99. The molecule has 7 heteroatoms. The third-order valence-corrected chi connectivity index (χ3v) is 5.82. The summed E-state index contributed by atoms with van der Waals surface area (Å²) in [6, 6.07) is 10.00. The van der Waals surface area contributed by atoms with Crippen LogP contribution in [0.25, 0.3) is 10.9 Å². The number of hydrogen-bond acceptors (Lipinski definition) is 6. The third-order valence-electron chi connectivity index (χ3n) is 5.82. The van der Waals surface area contributed by atoms with Gasteiger partial charge in [-0.3, -0.25) is 4.99 Å². The standard InChI is InChI=1S/C23H26N6O/c1-15-18(13-24)6-5-7-19(15)16(2)26-23-20-12-22(29-8-10-30-11-9-29)25-14-21(20)28(4)17(3)27-23/h5-7,12,14,16H,8-11H2,1-4H3. The maximum Gasteiger partial charge on any atom is 0.159 e. The number of nitriles is 1. The van der Waals surface area contributed by atoms with Gasteiger partial charge in [0, 0.05) is 25.5 Å². The number of benzene rings is 1. The van der Waals surface area contributed by atoms with Crippen LogP contribution in [0.1, 0.15) is 35.5 Å². The Morgan fingerprint density at radius 3 is 2.73 bits per heavy atom. The van der Waals surface area contributed by atoms with E-state index in [1.54, 1.807) is 0 Å². The first kappa shape index (κ1) is 20.0. The number of hydrogen-bond donors (Lipinski definition) is 0. The molecule has 1 aliphatic rings. The van der Waals surface area contributed by atoms with E-state index in [4.69, 9.17) is 19.7 Å². The minimum absolute atomic E-state index is 0.124. The Balaban J connectivity index is 1.86. The van der Waals surface area contributed by atoms with E-state index in [0.717, 1.165) is 46.8 Å². The molecule has 1 atom stereocenters. The highest BCUT2D eigenvalue weighted by molar-refractivity contribution is 5.80. The van der Waals surface area contributed by atoms with Crippen molar-refractivity contribution in [3.05, 3.63) is 58.5 Å². The molecule has 0 amide bonds. The van der Waals surface area contributed by atoms with Gasteiger partial charge in [0.2, 0.25) is 0 Å². The molecule has 0 radical (unpaired) electrons.